The Hall–Kier alpha value is -2.42. The molecule has 0 atom stereocenters. The second-order valence-electron chi connectivity index (χ2n) is 5.41. The van der Waals surface area contributed by atoms with Crippen LogP contribution in [0.4, 0.5) is 5.82 Å². The van der Waals surface area contributed by atoms with E-state index in [1.54, 1.807) is 0 Å². The predicted octanol–water partition coefficient (Wildman–Crippen LogP) is 4.26. The minimum atomic E-state index is 0.775. The van der Waals surface area contributed by atoms with Crippen molar-refractivity contribution in [3.63, 3.8) is 0 Å². The molecule has 0 saturated heterocycles. The van der Waals surface area contributed by atoms with E-state index in [1.165, 1.54) is 16.7 Å². The van der Waals surface area contributed by atoms with Gasteiger partial charge in [0.2, 0.25) is 0 Å². The molecule has 21 heavy (non-hydrogen) atoms. The summed E-state index contributed by atoms with van der Waals surface area (Å²) < 4.78 is 0. The molecular formula is C18H19N3. The molecule has 0 aliphatic carbocycles. The molecule has 0 bridgehead atoms. The first kappa shape index (κ1) is 13.6. The first-order chi connectivity index (χ1) is 10.1. The van der Waals surface area contributed by atoms with Crippen LogP contribution in [0.2, 0.25) is 0 Å². The van der Waals surface area contributed by atoms with Crippen LogP contribution < -0.4 is 5.32 Å². The number of aromatic nitrogens is 2. The molecule has 0 amide bonds. The molecule has 0 aliphatic rings. The topological polar surface area (TPSA) is 37.8 Å². The molecule has 106 valence electrons. The zero-order valence-electron chi connectivity index (χ0n) is 12.9. The standard InChI is InChI=1S/C18H19N3/c1-11-8-9-16-15(10-11)17(19-4)21-18(20-16)14-7-5-6-12(2)13(14)3/h5-10H,1-4H3,(H,19,20,21). The summed E-state index contributed by atoms with van der Waals surface area (Å²) in [5.41, 5.74) is 5.75. The van der Waals surface area contributed by atoms with Crippen molar-refractivity contribution in [2.75, 3.05) is 12.4 Å². The molecule has 1 aromatic heterocycles. The molecule has 0 saturated carbocycles. The minimum absolute atomic E-state index is 0.775. The second-order valence-corrected chi connectivity index (χ2v) is 5.41. The monoisotopic (exact) mass is 277 g/mol. The maximum Gasteiger partial charge on any atom is 0.162 e. The van der Waals surface area contributed by atoms with E-state index in [-0.39, 0.29) is 0 Å². The van der Waals surface area contributed by atoms with Crippen LogP contribution in [-0.2, 0) is 0 Å². The molecule has 3 aromatic rings. The van der Waals surface area contributed by atoms with E-state index >= 15 is 0 Å². The highest BCUT2D eigenvalue weighted by molar-refractivity contribution is 5.91. The van der Waals surface area contributed by atoms with Crippen molar-refractivity contribution < 1.29 is 0 Å². The van der Waals surface area contributed by atoms with Gasteiger partial charge >= 0.3 is 0 Å². The van der Waals surface area contributed by atoms with E-state index in [0.29, 0.717) is 0 Å². The van der Waals surface area contributed by atoms with Gasteiger partial charge in [0.25, 0.3) is 0 Å². The van der Waals surface area contributed by atoms with Crippen LogP contribution in [0.25, 0.3) is 22.3 Å². The van der Waals surface area contributed by atoms with E-state index in [9.17, 15) is 0 Å². The van der Waals surface area contributed by atoms with Crippen LogP contribution in [0.15, 0.2) is 36.4 Å². The molecule has 0 aliphatic heterocycles. The van der Waals surface area contributed by atoms with Gasteiger partial charge in [-0.25, -0.2) is 9.97 Å². The zero-order chi connectivity index (χ0) is 15.0. The molecule has 3 nitrogen and oxygen atoms in total. The average molecular weight is 277 g/mol. The molecule has 0 unspecified atom stereocenters. The Balaban J connectivity index is 2.29. The molecule has 1 heterocycles. The van der Waals surface area contributed by atoms with Crippen LogP contribution in [0.3, 0.4) is 0 Å². The van der Waals surface area contributed by atoms with Crippen LogP contribution in [-0.4, -0.2) is 17.0 Å². The predicted molar refractivity (Wildman–Crippen MR) is 88.7 cm³/mol. The molecule has 0 spiro atoms. The van der Waals surface area contributed by atoms with E-state index < -0.39 is 0 Å². The fourth-order valence-electron chi connectivity index (χ4n) is 2.55. The highest BCUT2D eigenvalue weighted by atomic mass is 15.0. The summed E-state index contributed by atoms with van der Waals surface area (Å²) in [5, 5.41) is 4.25. The highest BCUT2D eigenvalue weighted by Gasteiger charge is 2.11. The Morgan fingerprint density at radius 2 is 1.76 bits per heavy atom. The van der Waals surface area contributed by atoms with Gasteiger partial charge in [-0.1, -0.05) is 29.8 Å². The maximum absolute atomic E-state index is 4.75. The molecule has 0 fully saturated rings. The summed E-state index contributed by atoms with van der Waals surface area (Å²) in [7, 11) is 1.90. The molecule has 1 N–H and O–H groups in total. The summed E-state index contributed by atoms with van der Waals surface area (Å²) in [4.78, 5) is 9.46. The normalized spacial score (nSPS) is 10.9. The average Bonchev–Trinajstić information content (AvgIpc) is 2.49. The SMILES string of the molecule is CNc1nc(-c2cccc(C)c2C)nc2ccc(C)cc12. The van der Waals surface area contributed by atoms with Crippen molar-refractivity contribution in [1.29, 1.82) is 0 Å². The first-order valence-corrected chi connectivity index (χ1v) is 7.13. The summed E-state index contributed by atoms with van der Waals surface area (Å²) in [6.07, 6.45) is 0. The molecular weight excluding hydrogens is 258 g/mol. The number of fused-ring (bicyclic) bond motifs is 1. The summed E-state index contributed by atoms with van der Waals surface area (Å²) in [6.45, 7) is 6.31. The fourth-order valence-corrected chi connectivity index (χ4v) is 2.55. The van der Waals surface area contributed by atoms with Crippen LogP contribution in [0, 0.1) is 20.8 Å². The summed E-state index contributed by atoms with van der Waals surface area (Å²) >= 11 is 0. The van der Waals surface area contributed by atoms with Gasteiger partial charge in [-0.15, -0.1) is 0 Å². The van der Waals surface area contributed by atoms with Crippen molar-refractivity contribution in [3.8, 4) is 11.4 Å². The van der Waals surface area contributed by atoms with Crippen LogP contribution in [0.1, 0.15) is 16.7 Å². The van der Waals surface area contributed by atoms with Crippen molar-refractivity contribution >= 4 is 16.7 Å². The number of nitrogens with one attached hydrogen (secondary N) is 1. The molecule has 0 radical (unpaired) electrons. The molecule has 3 rings (SSSR count). The van der Waals surface area contributed by atoms with Gasteiger partial charge in [0.15, 0.2) is 5.82 Å². The Bertz CT molecular complexity index is 822. The summed E-state index contributed by atoms with van der Waals surface area (Å²) in [6, 6.07) is 12.5. The number of hydrogen-bond acceptors (Lipinski definition) is 3. The van der Waals surface area contributed by atoms with Gasteiger partial charge in [-0.05, 0) is 44.0 Å². The van der Waals surface area contributed by atoms with Gasteiger partial charge in [-0.3, -0.25) is 0 Å². The smallest absolute Gasteiger partial charge is 0.162 e. The molecule has 3 heteroatoms. The number of aryl methyl sites for hydroxylation is 2. The van der Waals surface area contributed by atoms with Gasteiger partial charge in [0.1, 0.15) is 5.82 Å². The van der Waals surface area contributed by atoms with E-state index in [4.69, 9.17) is 9.97 Å². The minimum Gasteiger partial charge on any atom is -0.373 e. The number of hydrogen-bond donors (Lipinski definition) is 1. The Morgan fingerprint density at radius 1 is 0.952 bits per heavy atom. The third-order valence-electron chi connectivity index (χ3n) is 3.93. The number of rotatable bonds is 2. The lowest BCUT2D eigenvalue weighted by Crippen LogP contribution is -2.00. The van der Waals surface area contributed by atoms with E-state index in [1.807, 2.05) is 7.05 Å². The third kappa shape index (κ3) is 2.35. The van der Waals surface area contributed by atoms with E-state index in [2.05, 4.69) is 62.5 Å². The Morgan fingerprint density at radius 3 is 2.52 bits per heavy atom. The second kappa shape index (κ2) is 5.17. The van der Waals surface area contributed by atoms with Crippen LogP contribution >= 0.6 is 0 Å². The van der Waals surface area contributed by atoms with Crippen LogP contribution in [0.5, 0.6) is 0 Å². The van der Waals surface area contributed by atoms with Gasteiger partial charge in [0.05, 0.1) is 5.52 Å². The molecule has 2 aromatic carbocycles. The quantitative estimate of drug-likeness (QED) is 0.760. The largest absolute Gasteiger partial charge is 0.373 e. The Labute approximate surface area is 125 Å². The van der Waals surface area contributed by atoms with E-state index in [0.717, 1.165) is 28.1 Å². The fraction of sp³-hybridized carbons (Fsp3) is 0.222. The number of nitrogens with zero attached hydrogens (tertiary/aromatic N) is 2. The van der Waals surface area contributed by atoms with Gasteiger partial charge in [-0.2, -0.15) is 0 Å². The van der Waals surface area contributed by atoms with Gasteiger partial charge in [0, 0.05) is 18.0 Å². The summed E-state index contributed by atoms with van der Waals surface area (Å²) in [5.74, 6) is 1.65. The maximum atomic E-state index is 4.75. The third-order valence-corrected chi connectivity index (χ3v) is 3.93. The lowest BCUT2D eigenvalue weighted by molar-refractivity contribution is 1.19. The first-order valence-electron chi connectivity index (χ1n) is 7.13. The highest BCUT2D eigenvalue weighted by Crippen LogP contribution is 2.28. The zero-order valence-corrected chi connectivity index (χ0v) is 12.9. The van der Waals surface area contributed by atoms with Crippen molar-refractivity contribution in [3.05, 3.63) is 53.1 Å². The van der Waals surface area contributed by atoms with Crippen molar-refractivity contribution in [1.82, 2.24) is 9.97 Å². The number of anilines is 1. The Kier molecular flexibility index (Phi) is 3.34. The number of benzene rings is 2. The van der Waals surface area contributed by atoms with Gasteiger partial charge < -0.3 is 5.32 Å². The lowest BCUT2D eigenvalue weighted by Gasteiger charge is -2.11. The van der Waals surface area contributed by atoms with Crippen molar-refractivity contribution in [2.24, 2.45) is 0 Å². The lowest BCUT2D eigenvalue weighted by atomic mass is 10.0. The van der Waals surface area contributed by atoms with Crippen molar-refractivity contribution in [2.45, 2.75) is 20.8 Å².